The van der Waals surface area contributed by atoms with Crippen LogP contribution in [0.4, 0.5) is 13.2 Å². The molecule has 2 atom stereocenters. The van der Waals surface area contributed by atoms with Gasteiger partial charge < -0.3 is 11.1 Å². The van der Waals surface area contributed by atoms with E-state index in [9.17, 15) is 13.2 Å². The molecule has 1 saturated heterocycles. The summed E-state index contributed by atoms with van der Waals surface area (Å²) in [7, 11) is 0. The lowest BCUT2D eigenvalue weighted by Gasteiger charge is -2.21. The number of nitrogens with one attached hydrogen (secondary N) is 1. The highest BCUT2D eigenvalue weighted by Gasteiger charge is 2.42. The molecule has 0 unspecified atom stereocenters. The molecule has 2 nitrogen and oxygen atoms in total. The molecule has 1 aliphatic heterocycles. The lowest BCUT2D eigenvalue weighted by molar-refractivity contribution is -0.152. The van der Waals surface area contributed by atoms with E-state index in [1.807, 2.05) is 0 Å². The van der Waals surface area contributed by atoms with Crippen LogP contribution in [0.3, 0.4) is 0 Å². The summed E-state index contributed by atoms with van der Waals surface area (Å²) in [6, 6.07) is -2.28. The Kier molecular flexibility index (Phi) is 2.39. The van der Waals surface area contributed by atoms with Gasteiger partial charge in [0.15, 0.2) is 0 Å². The van der Waals surface area contributed by atoms with E-state index in [1.165, 1.54) is 0 Å². The fourth-order valence-electron chi connectivity index (χ4n) is 1.25. The zero-order valence-electron chi connectivity index (χ0n) is 5.99. The van der Waals surface area contributed by atoms with E-state index in [-0.39, 0.29) is 0 Å². The van der Waals surface area contributed by atoms with E-state index in [1.54, 1.807) is 0 Å². The van der Waals surface area contributed by atoms with Crippen molar-refractivity contribution in [2.75, 3.05) is 6.54 Å². The smallest absolute Gasteiger partial charge is 0.319 e. The standard InChI is InChI=1S/C6H11F3N2/c7-6(8,9)5(10)4-2-1-3-11-4/h4-5,11H,1-3,10H2/t4-,5-/m0/s1. The topological polar surface area (TPSA) is 38.0 Å². The predicted molar refractivity (Wildman–Crippen MR) is 35.1 cm³/mol. The van der Waals surface area contributed by atoms with Crippen molar-refractivity contribution in [2.45, 2.75) is 31.1 Å². The molecule has 0 aliphatic carbocycles. The van der Waals surface area contributed by atoms with Crippen LogP contribution in [-0.4, -0.2) is 24.8 Å². The molecule has 3 N–H and O–H groups in total. The first-order chi connectivity index (χ1) is 5.02. The number of rotatable bonds is 1. The van der Waals surface area contributed by atoms with Gasteiger partial charge in [-0.3, -0.25) is 0 Å². The highest BCUT2D eigenvalue weighted by atomic mass is 19.4. The Morgan fingerprint density at radius 2 is 2.09 bits per heavy atom. The lowest BCUT2D eigenvalue weighted by Crippen LogP contribution is -2.50. The Hall–Kier alpha value is -0.290. The van der Waals surface area contributed by atoms with Gasteiger partial charge in [0.25, 0.3) is 0 Å². The second kappa shape index (κ2) is 2.98. The maximum absolute atomic E-state index is 11.9. The van der Waals surface area contributed by atoms with Crippen molar-refractivity contribution in [3.63, 3.8) is 0 Å². The Bertz CT molecular complexity index is 128. The molecule has 0 bridgehead atoms. The van der Waals surface area contributed by atoms with Gasteiger partial charge in [-0.15, -0.1) is 0 Å². The third kappa shape index (κ3) is 2.07. The van der Waals surface area contributed by atoms with Crippen molar-refractivity contribution < 1.29 is 13.2 Å². The van der Waals surface area contributed by atoms with Crippen LogP contribution in [0.2, 0.25) is 0 Å². The van der Waals surface area contributed by atoms with Crippen molar-refractivity contribution >= 4 is 0 Å². The minimum absolute atomic E-state index is 0.528. The van der Waals surface area contributed by atoms with Crippen LogP contribution in [-0.2, 0) is 0 Å². The number of hydrogen-bond acceptors (Lipinski definition) is 2. The quantitative estimate of drug-likeness (QED) is 0.602. The van der Waals surface area contributed by atoms with Crippen molar-refractivity contribution in [3.05, 3.63) is 0 Å². The molecular formula is C6H11F3N2. The maximum Gasteiger partial charge on any atom is 0.405 e. The molecule has 1 fully saturated rings. The molecule has 5 heteroatoms. The first kappa shape index (κ1) is 8.80. The molecule has 0 saturated carbocycles. The SMILES string of the molecule is N[C@@H]([C@@H]1CCCN1)C(F)(F)F. The Morgan fingerprint density at radius 1 is 1.45 bits per heavy atom. The summed E-state index contributed by atoms with van der Waals surface area (Å²) in [5.74, 6) is 0. The number of hydrogen-bond donors (Lipinski definition) is 2. The van der Waals surface area contributed by atoms with E-state index in [2.05, 4.69) is 5.32 Å². The van der Waals surface area contributed by atoms with Crippen molar-refractivity contribution in [3.8, 4) is 0 Å². The molecule has 0 aromatic heterocycles. The van der Waals surface area contributed by atoms with Crippen molar-refractivity contribution in [1.82, 2.24) is 5.32 Å². The van der Waals surface area contributed by atoms with Gasteiger partial charge in [-0.05, 0) is 19.4 Å². The van der Waals surface area contributed by atoms with Gasteiger partial charge in [0.05, 0.1) is 0 Å². The first-order valence-electron chi connectivity index (χ1n) is 3.57. The van der Waals surface area contributed by atoms with E-state index >= 15 is 0 Å². The van der Waals surface area contributed by atoms with E-state index in [4.69, 9.17) is 5.73 Å². The molecule has 0 amide bonds. The highest BCUT2D eigenvalue weighted by Crippen LogP contribution is 2.24. The fraction of sp³-hybridized carbons (Fsp3) is 1.00. The predicted octanol–water partition coefficient (Wildman–Crippen LogP) is 0.628. The zero-order chi connectivity index (χ0) is 8.48. The summed E-state index contributed by atoms with van der Waals surface area (Å²) < 4.78 is 35.8. The van der Waals surface area contributed by atoms with E-state index in [0.29, 0.717) is 13.0 Å². The third-order valence-electron chi connectivity index (χ3n) is 1.91. The van der Waals surface area contributed by atoms with E-state index < -0.39 is 18.3 Å². The van der Waals surface area contributed by atoms with Gasteiger partial charge in [0.1, 0.15) is 6.04 Å². The average molecular weight is 168 g/mol. The second-order valence-corrected chi connectivity index (χ2v) is 2.77. The van der Waals surface area contributed by atoms with Gasteiger partial charge in [0.2, 0.25) is 0 Å². The van der Waals surface area contributed by atoms with Crippen molar-refractivity contribution in [2.24, 2.45) is 5.73 Å². The first-order valence-corrected chi connectivity index (χ1v) is 3.57. The summed E-state index contributed by atoms with van der Waals surface area (Å²) in [6.45, 7) is 0.647. The minimum atomic E-state index is -4.26. The van der Waals surface area contributed by atoms with Crippen LogP contribution >= 0.6 is 0 Å². The van der Waals surface area contributed by atoms with Crippen LogP contribution in [0.1, 0.15) is 12.8 Å². The lowest BCUT2D eigenvalue weighted by atomic mass is 10.1. The third-order valence-corrected chi connectivity index (χ3v) is 1.91. The summed E-state index contributed by atoms with van der Waals surface area (Å²) in [5, 5.41) is 2.72. The Balaban J connectivity index is 2.46. The summed E-state index contributed by atoms with van der Waals surface area (Å²) in [4.78, 5) is 0. The van der Waals surface area contributed by atoms with Crippen LogP contribution < -0.4 is 11.1 Å². The van der Waals surface area contributed by atoms with Crippen LogP contribution in [0.5, 0.6) is 0 Å². The Labute approximate surface area is 62.9 Å². The molecule has 1 aliphatic rings. The molecular weight excluding hydrogens is 157 g/mol. The summed E-state index contributed by atoms with van der Waals surface area (Å²) in [5.41, 5.74) is 4.97. The van der Waals surface area contributed by atoms with Crippen LogP contribution in [0.25, 0.3) is 0 Å². The van der Waals surface area contributed by atoms with Gasteiger partial charge in [-0.25, -0.2) is 0 Å². The summed E-state index contributed by atoms with van der Waals surface area (Å²) >= 11 is 0. The van der Waals surface area contributed by atoms with Crippen molar-refractivity contribution in [1.29, 1.82) is 0 Å². The molecule has 11 heavy (non-hydrogen) atoms. The molecule has 0 spiro atoms. The largest absolute Gasteiger partial charge is 0.405 e. The van der Waals surface area contributed by atoms with Crippen LogP contribution in [0.15, 0.2) is 0 Å². The maximum atomic E-state index is 11.9. The molecule has 66 valence electrons. The Morgan fingerprint density at radius 3 is 2.45 bits per heavy atom. The number of nitrogens with two attached hydrogens (primary N) is 1. The van der Waals surface area contributed by atoms with Gasteiger partial charge >= 0.3 is 6.18 Å². The molecule has 1 rings (SSSR count). The molecule has 0 aromatic carbocycles. The average Bonchev–Trinajstić information content (AvgIpc) is 2.34. The molecule has 0 radical (unpaired) electrons. The second-order valence-electron chi connectivity index (χ2n) is 2.77. The van der Waals surface area contributed by atoms with Gasteiger partial charge in [0, 0.05) is 6.04 Å². The van der Waals surface area contributed by atoms with E-state index in [0.717, 1.165) is 6.42 Å². The highest BCUT2D eigenvalue weighted by molar-refractivity contribution is 4.88. The monoisotopic (exact) mass is 168 g/mol. The zero-order valence-corrected chi connectivity index (χ0v) is 5.99. The fourth-order valence-corrected chi connectivity index (χ4v) is 1.25. The summed E-state index contributed by atoms with van der Waals surface area (Å²) in [6.07, 6.45) is -2.95. The molecule has 1 heterocycles. The number of halogens is 3. The van der Waals surface area contributed by atoms with Crippen LogP contribution in [0, 0.1) is 0 Å². The van der Waals surface area contributed by atoms with Gasteiger partial charge in [-0.2, -0.15) is 13.2 Å². The van der Waals surface area contributed by atoms with Gasteiger partial charge in [-0.1, -0.05) is 0 Å². The number of alkyl halides is 3. The minimum Gasteiger partial charge on any atom is -0.319 e. The molecule has 0 aromatic rings. The normalized spacial score (nSPS) is 28.9.